The van der Waals surface area contributed by atoms with Crippen molar-refractivity contribution in [3.05, 3.63) is 57.2 Å². The molecule has 1 heterocycles. The Balaban J connectivity index is 2.06. The maximum absolute atomic E-state index is 12.1. The van der Waals surface area contributed by atoms with Crippen molar-refractivity contribution in [3.63, 3.8) is 0 Å². The molecule has 0 aliphatic rings. The Labute approximate surface area is 166 Å². The molecule has 0 amide bonds. The van der Waals surface area contributed by atoms with Gasteiger partial charge in [0.15, 0.2) is 0 Å². The van der Waals surface area contributed by atoms with Crippen molar-refractivity contribution >= 4 is 39.8 Å². The zero-order valence-corrected chi connectivity index (χ0v) is 17.2. The van der Waals surface area contributed by atoms with Crippen LogP contribution in [0.4, 0.5) is 17.2 Å². The minimum atomic E-state index is -1.12. The lowest BCUT2D eigenvalue weighted by Crippen LogP contribution is -2.35. The van der Waals surface area contributed by atoms with Crippen LogP contribution in [0.1, 0.15) is 39.2 Å². The molecule has 0 saturated carbocycles. The lowest BCUT2D eigenvalue weighted by atomic mass is 10.0. The molecule has 2 atom stereocenters. The van der Waals surface area contributed by atoms with Crippen LogP contribution in [0, 0.1) is 10.1 Å². The van der Waals surface area contributed by atoms with Gasteiger partial charge in [0, 0.05) is 18.3 Å². The van der Waals surface area contributed by atoms with Crippen LogP contribution in [0.25, 0.3) is 0 Å². The first-order valence-corrected chi connectivity index (χ1v) is 9.94. The SMILES string of the molecule is CC(CNS(=O)C(C)(C)C)c1ccc(Nc2nc(Cl)ccc2[N+](=O)[O-])cc1. The number of anilines is 2. The lowest BCUT2D eigenvalue weighted by molar-refractivity contribution is -0.384. The summed E-state index contributed by atoms with van der Waals surface area (Å²) in [4.78, 5) is 14.6. The van der Waals surface area contributed by atoms with Crippen LogP contribution in [0.2, 0.25) is 5.15 Å². The number of nitrogens with one attached hydrogen (secondary N) is 2. The molecule has 0 aliphatic heterocycles. The molecule has 0 bridgehead atoms. The monoisotopic (exact) mass is 410 g/mol. The molecule has 1 aromatic carbocycles. The van der Waals surface area contributed by atoms with E-state index in [-0.39, 0.29) is 27.3 Å². The molecule has 146 valence electrons. The Morgan fingerprint density at radius 1 is 1.22 bits per heavy atom. The maximum Gasteiger partial charge on any atom is 0.311 e. The van der Waals surface area contributed by atoms with Gasteiger partial charge >= 0.3 is 5.69 Å². The summed E-state index contributed by atoms with van der Waals surface area (Å²) in [5.41, 5.74) is 1.58. The first-order valence-electron chi connectivity index (χ1n) is 8.41. The van der Waals surface area contributed by atoms with E-state index in [0.29, 0.717) is 12.2 Å². The summed E-state index contributed by atoms with van der Waals surface area (Å²) in [5.74, 6) is 0.250. The number of hydrogen-bond acceptors (Lipinski definition) is 5. The second-order valence-corrected chi connectivity index (χ2v) is 9.57. The second-order valence-electron chi connectivity index (χ2n) is 7.14. The van der Waals surface area contributed by atoms with Crippen molar-refractivity contribution in [2.75, 3.05) is 11.9 Å². The molecule has 27 heavy (non-hydrogen) atoms. The summed E-state index contributed by atoms with van der Waals surface area (Å²) >= 11 is 5.84. The Kier molecular flexibility index (Phi) is 6.91. The highest BCUT2D eigenvalue weighted by atomic mass is 35.5. The smallest absolute Gasteiger partial charge is 0.311 e. The van der Waals surface area contributed by atoms with Crippen molar-refractivity contribution < 1.29 is 9.13 Å². The first-order chi connectivity index (χ1) is 12.6. The minimum absolute atomic E-state index is 0.0931. The summed E-state index contributed by atoms with van der Waals surface area (Å²) in [6, 6.07) is 10.2. The molecular formula is C18H23ClN4O3S. The van der Waals surface area contributed by atoms with E-state index in [2.05, 4.69) is 15.0 Å². The molecular weight excluding hydrogens is 388 g/mol. The molecule has 1 aromatic heterocycles. The fraction of sp³-hybridized carbons (Fsp3) is 0.389. The van der Waals surface area contributed by atoms with E-state index in [1.54, 1.807) is 0 Å². The minimum Gasteiger partial charge on any atom is -0.334 e. The van der Waals surface area contributed by atoms with Gasteiger partial charge in [0.05, 0.1) is 20.7 Å². The topological polar surface area (TPSA) is 97.2 Å². The maximum atomic E-state index is 12.1. The van der Waals surface area contributed by atoms with Gasteiger partial charge in [-0.1, -0.05) is 30.7 Å². The predicted octanol–water partition coefficient (Wildman–Crippen LogP) is 4.54. The van der Waals surface area contributed by atoms with E-state index in [0.717, 1.165) is 5.56 Å². The van der Waals surface area contributed by atoms with Gasteiger partial charge in [0.25, 0.3) is 0 Å². The van der Waals surface area contributed by atoms with Gasteiger partial charge in [-0.25, -0.2) is 13.9 Å². The molecule has 2 unspecified atom stereocenters. The van der Waals surface area contributed by atoms with Gasteiger partial charge in [0.1, 0.15) is 5.15 Å². The van der Waals surface area contributed by atoms with Gasteiger partial charge in [-0.05, 0) is 50.5 Å². The highest BCUT2D eigenvalue weighted by Gasteiger charge is 2.20. The zero-order valence-electron chi connectivity index (χ0n) is 15.7. The Bertz CT molecular complexity index is 837. The lowest BCUT2D eigenvalue weighted by Gasteiger charge is -2.20. The van der Waals surface area contributed by atoms with Gasteiger partial charge in [-0.3, -0.25) is 10.1 Å². The van der Waals surface area contributed by atoms with E-state index < -0.39 is 15.9 Å². The average molecular weight is 411 g/mol. The summed E-state index contributed by atoms with van der Waals surface area (Å²) in [5, 5.41) is 14.2. The van der Waals surface area contributed by atoms with Crippen LogP contribution in [0.3, 0.4) is 0 Å². The van der Waals surface area contributed by atoms with E-state index in [1.165, 1.54) is 12.1 Å². The number of benzene rings is 1. The van der Waals surface area contributed by atoms with Crippen LogP contribution in [-0.4, -0.2) is 25.4 Å². The van der Waals surface area contributed by atoms with Crippen molar-refractivity contribution in [1.29, 1.82) is 0 Å². The standard InChI is InChI=1S/C18H23ClN4O3S/c1-12(11-20-27(26)18(2,3)4)13-5-7-14(8-6-13)21-17-15(23(24)25)9-10-16(19)22-17/h5-10,12,20H,11H2,1-4H3,(H,21,22). The Morgan fingerprint density at radius 2 is 1.85 bits per heavy atom. The highest BCUT2D eigenvalue weighted by Crippen LogP contribution is 2.28. The number of nitrogens with zero attached hydrogens (tertiary/aromatic N) is 2. The van der Waals surface area contributed by atoms with Crippen molar-refractivity contribution in [2.24, 2.45) is 0 Å². The summed E-state index contributed by atoms with van der Waals surface area (Å²) in [6.45, 7) is 8.38. The van der Waals surface area contributed by atoms with Gasteiger partial charge in [0.2, 0.25) is 5.82 Å². The van der Waals surface area contributed by atoms with Gasteiger partial charge in [-0.15, -0.1) is 0 Å². The number of pyridine rings is 1. The zero-order chi connectivity index (χ0) is 20.2. The largest absolute Gasteiger partial charge is 0.334 e. The number of nitro groups is 1. The highest BCUT2D eigenvalue weighted by molar-refractivity contribution is 7.84. The third-order valence-corrected chi connectivity index (χ3v) is 5.61. The third-order valence-electron chi connectivity index (χ3n) is 3.86. The Morgan fingerprint density at radius 3 is 2.41 bits per heavy atom. The molecule has 2 rings (SSSR count). The Hall–Kier alpha value is -2.03. The molecule has 2 aromatic rings. The number of halogens is 1. The van der Waals surface area contributed by atoms with E-state index in [9.17, 15) is 14.3 Å². The van der Waals surface area contributed by atoms with Crippen LogP contribution in [-0.2, 0) is 11.0 Å². The van der Waals surface area contributed by atoms with Gasteiger partial charge in [-0.2, -0.15) is 0 Å². The predicted molar refractivity (Wildman–Crippen MR) is 110 cm³/mol. The van der Waals surface area contributed by atoms with E-state index in [1.807, 2.05) is 52.0 Å². The fourth-order valence-corrected chi connectivity index (χ4v) is 3.22. The van der Waals surface area contributed by atoms with Crippen LogP contribution < -0.4 is 10.0 Å². The quantitative estimate of drug-likeness (QED) is 0.396. The molecule has 0 aliphatic carbocycles. The second kappa shape index (κ2) is 8.77. The van der Waals surface area contributed by atoms with Crippen molar-refractivity contribution in [1.82, 2.24) is 9.71 Å². The molecule has 0 fully saturated rings. The van der Waals surface area contributed by atoms with Crippen molar-refractivity contribution in [2.45, 2.75) is 38.4 Å². The third kappa shape index (κ3) is 5.98. The van der Waals surface area contributed by atoms with Crippen LogP contribution >= 0.6 is 11.6 Å². The molecule has 0 radical (unpaired) electrons. The van der Waals surface area contributed by atoms with Crippen LogP contribution in [0.15, 0.2) is 36.4 Å². The number of hydrogen-bond donors (Lipinski definition) is 2. The molecule has 0 saturated heterocycles. The molecule has 0 spiro atoms. The average Bonchev–Trinajstić information content (AvgIpc) is 2.59. The van der Waals surface area contributed by atoms with E-state index >= 15 is 0 Å². The van der Waals surface area contributed by atoms with Crippen LogP contribution in [0.5, 0.6) is 0 Å². The molecule has 9 heteroatoms. The molecule has 2 N–H and O–H groups in total. The number of aromatic nitrogens is 1. The molecule has 7 nitrogen and oxygen atoms in total. The van der Waals surface area contributed by atoms with Gasteiger partial charge < -0.3 is 5.32 Å². The fourth-order valence-electron chi connectivity index (χ4n) is 2.23. The first kappa shape index (κ1) is 21.3. The summed E-state index contributed by atoms with van der Waals surface area (Å²) in [7, 11) is -1.12. The van der Waals surface area contributed by atoms with Crippen molar-refractivity contribution in [3.8, 4) is 0 Å². The summed E-state index contributed by atoms with van der Waals surface area (Å²) < 4.78 is 14.8. The normalized spacial score (nSPS) is 13.8. The number of rotatable bonds is 7. The van der Waals surface area contributed by atoms with E-state index in [4.69, 9.17) is 11.6 Å². The summed E-state index contributed by atoms with van der Waals surface area (Å²) in [6.07, 6.45) is 0.